The maximum Gasteiger partial charge on any atom is 0.255 e. The lowest BCUT2D eigenvalue weighted by molar-refractivity contribution is 0.0940. The quantitative estimate of drug-likeness (QED) is 0.853. The van der Waals surface area contributed by atoms with Crippen molar-refractivity contribution in [3.63, 3.8) is 0 Å². The smallest absolute Gasteiger partial charge is 0.255 e. The van der Waals surface area contributed by atoms with Gasteiger partial charge in [-0.15, -0.1) is 12.4 Å². The van der Waals surface area contributed by atoms with Crippen LogP contribution in [0.15, 0.2) is 30.5 Å². The Morgan fingerprint density at radius 3 is 2.68 bits per heavy atom. The number of amides is 1. The molecule has 0 radical (unpaired) electrons. The van der Waals surface area contributed by atoms with Crippen molar-refractivity contribution in [3.8, 4) is 11.3 Å². The lowest BCUT2D eigenvalue weighted by Gasteiger charge is -2.18. The fourth-order valence-electron chi connectivity index (χ4n) is 2.78. The van der Waals surface area contributed by atoms with E-state index in [4.69, 9.17) is 11.6 Å². The van der Waals surface area contributed by atoms with Crippen LogP contribution in [-0.4, -0.2) is 34.8 Å². The lowest BCUT2D eigenvalue weighted by Crippen LogP contribution is -2.36. The van der Waals surface area contributed by atoms with Crippen LogP contribution in [0.5, 0.6) is 0 Å². The molecule has 1 atom stereocenters. The van der Waals surface area contributed by atoms with Crippen molar-refractivity contribution in [1.82, 2.24) is 20.4 Å². The molecule has 0 spiro atoms. The van der Waals surface area contributed by atoms with Gasteiger partial charge in [0.05, 0.1) is 16.1 Å². The molecule has 2 N–H and O–H groups in total. The van der Waals surface area contributed by atoms with Gasteiger partial charge in [-0.05, 0) is 39.8 Å². The van der Waals surface area contributed by atoms with Crippen molar-refractivity contribution in [2.75, 3.05) is 13.1 Å². The zero-order valence-corrected chi connectivity index (χ0v) is 16.2. The molecular weight excluding hydrogens is 359 g/mol. The van der Waals surface area contributed by atoms with Gasteiger partial charge in [-0.3, -0.25) is 9.48 Å². The standard InChI is InChI=1S/C18H23ClN4O.ClH/c1-18(2,3)23-11-14(17(24)21-12-8-9-20-10-12)16(22-23)13-6-4-5-7-15(13)19;/h4-7,11-12,20H,8-10H2,1-3H3,(H,21,24);1H. The molecule has 2 aromatic rings. The molecule has 1 unspecified atom stereocenters. The SMILES string of the molecule is CC(C)(C)n1cc(C(=O)NC2CCNC2)c(-c2ccccc2Cl)n1.Cl. The second-order valence-electron chi connectivity index (χ2n) is 7.15. The normalized spacial score (nSPS) is 17.2. The Morgan fingerprint density at radius 1 is 1.36 bits per heavy atom. The summed E-state index contributed by atoms with van der Waals surface area (Å²) in [6.07, 6.45) is 2.76. The van der Waals surface area contributed by atoms with Crippen LogP contribution in [0.4, 0.5) is 0 Å². The molecule has 5 nitrogen and oxygen atoms in total. The highest BCUT2D eigenvalue weighted by Crippen LogP contribution is 2.30. The van der Waals surface area contributed by atoms with Crippen molar-refractivity contribution in [2.24, 2.45) is 0 Å². The van der Waals surface area contributed by atoms with Gasteiger partial charge in [0.1, 0.15) is 5.69 Å². The van der Waals surface area contributed by atoms with E-state index in [0.29, 0.717) is 16.3 Å². The number of nitrogens with one attached hydrogen (secondary N) is 2. The third-order valence-electron chi connectivity index (χ3n) is 4.17. The van der Waals surface area contributed by atoms with Crippen LogP contribution in [0.25, 0.3) is 11.3 Å². The van der Waals surface area contributed by atoms with Crippen molar-refractivity contribution < 1.29 is 4.79 Å². The van der Waals surface area contributed by atoms with Gasteiger partial charge in [0.2, 0.25) is 0 Å². The van der Waals surface area contributed by atoms with Gasteiger partial charge in [0.25, 0.3) is 5.91 Å². The molecule has 0 bridgehead atoms. The third kappa shape index (κ3) is 4.35. The second kappa shape index (κ2) is 7.77. The van der Waals surface area contributed by atoms with Crippen molar-refractivity contribution in [1.29, 1.82) is 0 Å². The average Bonchev–Trinajstić information content (AvgIpc) is 3.16. The fraction of sp³-hybridized carbons (Fsp3) is 0.444. The molecule has 1 aromatic carbocycles. The summed E-state index contributed by atoms with van der Waals surface area (Å²) in [5.74, 6) is -0.103. The molecule has 7 heteroatoms. The molecule has 0 aliphatic carbocycles. The van der Waals surface area contributed by atoms with E-state index in [1.54, 1.807) is 0 Å². The van der Waals surface area contributed by atoms with Crippen LogP contribution in [-0.2, 0) is 5.54 Å². The van der Waals surface area contributed by atoms with Crippen molar-refractivity contribution >= 4 is 29.9 Å². The number of halogens is 2. The Kier molecular flexibility index (Phi) is 6.14. The predicted molar refractivity (Wildman–Crippen MR) is 104 cm³/mol. The summed E-state index contributed by atoms with van der Waals surface area (Å²) in [7, 11) is 0. The van der Waals surface area contributed by atoms with Gasteiger partial charge < -0.3 is 10.6 Å². The minimum atomic E-state index is -0.219. The van der Waals surface area contributed by atoms with Crippen molar-refractivity contribution in [2.45, 2.75) is 38.8 Å². The van der Waals surface area contributed by atoms with Gasteiger partial charge in [-0.2, -0.15) is 5.10 Å². The van der Waals surface area contributed by atoms with Gasteiger partial charge >= 0.3 is 0 Å². The van der Waals surface area contributed by atoms with Crippen LogP contribution in [0.2, 0.25) is 5.02 Å². The number of rotatable bonds is 3. The Hall–Kier alpha value is -1.56. The molecule has 1 fully saturated rings. The summed E-state index contributed by atoms with van der Waals surface area (Å²) in [6, 6.07) is 7.65. The molecule has 0 saturated carbocycles. The van der Waals surface area contributed by atoms with E-state index in [1.807, 2.05) is 35.1 Å². The maximum atomic E-state index is 12.8. The van der Waals surface area contributed by atoms with Crippen LogP contribution in [0.1, 0.15) is 37.6 Å². The van der Waals surface area contributed by atoms with E-state index < -0.39 is 0 Å². The van der Waals surface area contributed by atoms with E-state index in [9.17, 15) is 4.79 Å². The highest BCUT2D eigenvalue weighted by Gasteiger charge is 2.26. The van der Waals surface area contributed by atoms with E-state index in [2.05, 4.69) is 36.5 Å². The predicted octanol–water partition coefficient (Wildman–Crippen LogP) is 3.47. The van der Waals surface area contributed by atoms with E-state index in [0.717, 1.165) is 25.1 Å². The summed E-state index contributed by atoms with van der Waals surface area (Å²) < 4.78 is 1.83. The largest absolute Gasteiger partial charge is 0.348 e. The van der Waals surface area contributed by atoms with Gasteiger partial charge in [-0.25, -0.2) is 0 Å². The molecule has 1 saturated heterocycles. The zero-order chi connectivity index (χ0) is 17.3. The Bertz CT molecular complexity index is 746. The van der Waals surface area contributed by atoms with E-state index >= 15 is 0 Å². The van der Waals surface area contributed by atoms with E-state index in [-0.39, 0.29) is 29.9 Å². The minimum Gasteiger partial charge on any atom is -0.348 e. The third-order valence-corrected chi connectivity index (χ3v) is 4.50. The van der Waals surface area contributed by atoms with Crippen LogP contribution in [0, 0.1) is 0 Å². The first-order chi connectivity index (χ1) is 11.4. The molecule has 25 heavy (non-hydrogen) atoms. The molecule has 2 heterocycles. The zero-order valence-electron chi connectivity index (χ0n) is 14.7. The summed E-state index contributed by atoms with van der Waals surface area (Å²) in [4.78, 5) is 12.8. The van der Waals surface area contributed by atoms with Crippen LogP contribution in [0.3, 0.4) is 0 Å². The summed E-state index contributed by atoms with van der Waals surface area (Å²) in [5, 5.41) is 11.6. The first kappa shape index (κ1) is 19.8. The summed E-state index contributed by atoms with van der Waals surface area (Å²) in [6.45, 7) is 7.90. The molecule has 1 aromatic heterocycles. The number of carbonyl (C=O) groups is 1. The van der Waals surface area contributed by atoms with Gasteiger partial charge in [0, 0.05) is 24.3 Å². The molecule has 1 aliphatic rings. The number of hydrogen-bond donors (Lipinski definition) is 2. The molecular formula is C18H24Cl2N4O. The van der Waals surface area contributed by atoms with Crippen LogP contribution >= 0.6 is 24.0 Å². The minimum absolute atomic E-state index is 0. The Labute approximate surface area is 159 Å². The number of benzene rings is 1. The van der Waals surface area contributed by atoms with E-state index in [1.165, 1.54) is 0 Å². The fourth-order valence-corrected chi connectivity index (χ4v) is 3.00. The first-order valence-electron chi connectivity index (χ1n) is 8.23. The highest BCUT2D eigenvalue weighted by atomic mass is 35.5. The molecule has 1 aliphatic heterocycles. The lowest BCUT2D eigenvalue weighted by atomic mass is 10.1. The first-order valence-corrected chi connectivity index (χ1v) is 8.60. The van der Waals surface area contributed by atoms with Gasteiger partial charge in [0.15, 0.2) is 0 Å². The number of nitrogens with zero attached hydrogens (tertiary/aromatic N) is 2. The monoisotopic (exact) mass is 382 g/mol. The number of hydrogen-bond acceptors (Lipinski definition) is 3. The number of carbonyl (C=O) groups excluding carboxylic acids is 1. The summed E-state index contributed by atoms with van der Waals surface area (Å²) in [5.41, 5.74) is 1.74. The Morgan fingerprint density at radius 2 is 2.08 bits per heavy atom. The topological polar surface area (TPSA) is 59.0 Å². The molecule has 136 valence electrons. The Balaban J connectivity index is 0.00000225. The highest BCUT2D eigenvalue weighted by molar-refractivity contribution is 6.33. The number of aromatic nitrogens is 2. The van der Waals surface area contributed by atoms with Crippen molar-refractivity contribution in [3.05, 3.63) is 41.0 Å². The summed E-state index contributed by atoms with van der Waals surface area (Å²) >= 11 is 6.34. The van der Waals surface area contributed by atoms with Gasteiger partial charge in [-0.1, -0.05) is 29.8 Å². The van der Waals surface area contributed by atoms with Crippen LogP contribution < -0.4 is 10.6 Å². The maximum absolute atomic E-state index is 12.8. The molecule has 1 amide bonds. The molecule has 3 rings (SSSR count). The average molecular weight is 383 g/mol. The second-order valence-corrected chi connectivity index (χ2v) is 7.56.